The number of amides is 1. The number of nitrogens with one attached hydrogen (secondary N) is 1. The molecule has 1 aliphatic rings. The molecule has 1 aromatic carbocycles. The van der Waals surface area contributed by atoms with Crippen molar-refractivity contribution in [1.29, 1.82) is 5.26 Å². The Balaban J connectivity index is 1.69. The fourth-order valence-electron chi connectivity index (χ4n) is 3.57. The molecule has 0 saturated heterocycles. The second kappa shape index (κ2) is 6.88. The van der Waals surface area contributed by atoms with Crippen LogP contribution in [-0.4, -0.2) is 21.0 Å². The Morgan fingerprint density at radius 2 is 2.11 bits per heavy atom. The van der Waals surface area contributed by atoms with Crippen LogP contribution < -0.4 is 10.9 Å². The number of thiophene rings is 1. The zero-order chi connectivity index (χ0) is 19.9. The van der Waals surface area contributed by atoms with Gasteiger partial charge in [0.15, 0.2) is 0 Å². The third kappa shape index (κ3) is 3.20. The van der Waals surface area contributed by atoms with Gasteiger partial charge in [-0.15, -0.1) is 11.3 Å². The van der Waals surface area contributed by atoms with E-state index in [1.165, 1.54) is 22.2 Å². The number of nitriles is 1. The van der Waals surface area contributed by atoms with Crippen LogP contribution in [0.4, 0.5) is 0 Å². The highest BCUT2D eigenvalue weighted by molar-refractivity contribution is 7.19. The standard InChI is InChI=1S/C21H20N4O2S/c1-13-17(14-6-4-3-5-7-14)18-19(28-13)23-12-25(20(18)27)10-16(26)24-21(2,11-22)15-8-9-15/h3-7,12,15H,8-10H2,1-2H3,(H,24,26). The molecule has 1 saturated carbocycles. The van der Waals surface area contributed by atoms with Gasteiger partial charge in [0, 0.05) is 10.4 Å². The van der Waals surface area contributed by atoms with Crippen molar-refractivity contribution in [3.63, 3.8) is 0 Å². The largest absolute Gasteiger partial charge is 0.336 e. The fourth-order valence-corrected chi connectivity index (χ4v) is 4.57. The van der Waals surface area contributed by atoms with Gasteiger partial charge in [-0.2, -0.15) is 5.26 Å². The normalized spacial score (nSPS) is 15.8. The van der Waals surface area contributed by atoms with Crippen molar-refractivity contribution >= 4 is 27.5 Å². The molecule has 7 heteroatoms. The van der Waals surface area contributed by atoms with Gasteiger partial charge in [0.1, 0.15) is 16.9 Å². The minimum atomic E-state index is -0.883. The fraction of sp³-hybridized carbons (Fsp3) is 0.333. The van der Waals surface area contributed by atoms with Gasteiger partial charge in [0.05, 0.1) is 17.8 Å². The summed E-state index contributed by atoms with van der Waals surface area (Å²) in [5.41, 5.74) is 0.700. The van der Waals surface area contributed by atoms with Crippen molar-refractivity contribution in [3.8, 4) is 17.2 Å². The SMILES string of the molecule is Cc1sc2ncn(CC(=O)NC(C)(C#N)C3CC3)c(=O)c2c1-c1ccccc1. The third-order valence-corrected chi connectivity index (χ3v) is 6.27. The van der Waals surface area contributed by atoms with E-state index in [-0.39, 0.29) is 23.9 Å². The molecule has 2 aromatic heterocycles. The molecule has 1 N–H and O–H groups in total. The number of aryl methyl sites for hydroxylation is 1. The van der Waals surface area contributed by atoms with Crippen molar-refractivity contribution in [2.75, 3.05) is 0 Å². The molecule has 1 fully saturated rings. The van der Waals surface area contributed by atoms with Crippen molar-refractivity contribution in [2.24, 2.45) is 5.92 Å². The van der Waals surface area contributed by atoms with Crippen molar-refractivity contribution in [1.82, 2.24) is 14.9 Å². The van der Waals surface area contributed by atoms with Gasteiger partial charge in [-0.3, -0.25) is 14.2 Å². The Morgan fingerprint density at radius 1 is 1.39 bits per heavy atom. The number of aromatic nitrogens is 2. The van der Waals surface area contributed by atoms with Crippen LogP contribution in [0.5, 0.6) is 0 Å². The first-order chi connectivity index (χ1) is 13.4. The lowest BCUT2D eigenvalue weighted by Gasteiger charge is -2.23. The summed E-state index contributed by atoms with van der Waals surface area (Å²) in [6.07, 6.45) is 3.29. The molecule has 1 aliphatic carbocycles. The van der Waals surface area contributed by atoms with Crippen LogP contribution in [0.3, 0.4) is 0 Å². The number of carbonyl (C=O) groups is 1. The number of carbonyl (C=O) groups excluding carboxylic acids is 1. The van der Waals surface area contributed by atoms with E-state index in [1.807, 2.05) is 37.3 Å². The second-order valence-corrected chi connectivity index (χ2v) is 8.60. The van der Waals surface area contributed by atoms with Gasteiger partial charge in [0.25, 0.3) is 5.56 Å². The highest BCUT2D eigenvalue weighted by Gasteiger charge is 2.43. The maximum Gasteiger partial charge on any atom is 0.263 e. The second-order valence-electron chi connectivity index (χ2n) is 7.39. The van der Waals surface area contributed by atoms with E-state index in [2.05, 4.69) is 16.4 Å². The molecule has 6 nitrogen and oxygen atoms in total. The first kappa shape index (κ1) is 18.4. The van der Waals surface area contributed by atoms with Gasteiger partial charge < -0.3 is 5.32 Å². The summed E-state index contributed by atoms with van der Waals surface area (Å²) in [5, 5.41) is 12.8. The summed E-state index contributed by atoms with van der Waals surface area (Å²) in [5.74, 6) is -0.171. The van der Waals surface area contributed by atoms with Crippen molar-refractivity contribution in [3.05, 3.63) is 51.9 Å². The van der Waals surface area contributed by atoms with E-state index in [0.717, 1.165) is 28.8 Å². The van der Waals surface area contributed by atoms with E-state index >= 15 is 0 Å². The quantitative estimate of drug-likeness (QED) is 0.722. The van der Waals surface area contributed by atoms with Gasteiger partial charge in [-0.1, -0.05) is 30.3 Å². The van der Waals surface area contributed by atoms with Crippen LogP contribution in [0.15, 0.2) is 41.5 Å². The third-order valence-electron chi connectivity index (χ3n) is 5.26. The Labute approximate surface area is 166 Å². The summed E-state index contributed by atoms with van der Waals surface area (Å²) in [6, 6.07) is 11.9. The van der Waals surface area contributed by atoms with Gasteiger partial charge in [0.2, 0.25) is 5.91 Å². The first-order valence-corrected chi connectivity index (χ1v) is 10.0. The van der Waals surface area contributed by atoms with Gasteiger partial charge in [-0.05, 0) is 38.2 Å². The molecule has 2 heterocycles. The molecule has 1 unspecified atom stereocenters. The zero-order valence-corrected chi connectivity index (χ0v) is 16.5. The lowest BCUT2D eigenvalue weighted by atomic mass is 9.98. The monoisotopic (exact) mass is 392 g/mol. The molecule has 0 spiro atoms. The predicted molar refractivity (Wildman–Crippen MR) is 109 cm³/mol. The van der Waals surface area contributed by atoms with Crippen LogP contribution >= 0.6 is 11.3 Å². The Bertz CT molecular complexity index is 1150. The zero-order valence-electron chi connectivity index (χ0n) is 15.7. The van der Waals surface area contributed by atoms with Crippen molar-refractivity contribution < 1.29 is 4.79 Å². The Morgan fingerprint density at radius 3 is 2.75 bits per heavy atom. The molecule has 0 bridgehead atoms. The molecule has 1 atom stereocenters. The van der Waals surface area contributed by atoms with Crippen LogP contribution in [-0.2, 0) is 11.3 Å². The summed E-state index contributed by atoms with van der Waals surface area (Å²) in [7, 11) is 0. The Kier molecular flexibility index (Phi) is 4.52. The molecule has 0 radical (unpaired) electrons. The summed E-state index contributed by atoms with van der Waals surface area (Å²) in [6.45, 7) is 3.55. The highest BCUT2D eigenvalue weighted by Crippen LogP contribution is 2.39. The maximum absolute atomic E-state index is 13.1. The predicted octanol–water partition coefficient (Wildman–Crippen LogP) is 3.24. The smallest absolute Gasteiger partial charge is 0.263 e. The minimum Gasteiger partial charge on any atom is -0.336 e. The first-order valence-electron chi connectivity index (χ1n) is 9.19. The molecule has 142 valence electrons. The van der Waals surface area contributed by atoms with E-state index < -0.39 is 5.54 Å². The molecule has 0 aliphatic heterocycles. The number of hydrogen-bond donors (Lipinski definition) is 1. The van der Waals surface area contributed by atoms with Gasteiger partial charge >= 0.3 is 0 Å². The molecule has 1 amide bonds. The van der Waals surface area contributed by atoms with Crippen molar-refractivity contribution in [2.45, 2.75) is 38.8 Å². The van der Waals surface area contributed by atoms with E-state index in [0.29, 0.717) is 10.2 Å². The number of rotatable bonds is 5. The maximum atomic E-state index is 13.1. The van der Waals surface area contributed by atoms with Crippen LogP contribution in [0.25, 0.3) is 21.3 Å². The molecular formula is C21H20N4O2S. The number of benzene rings is 1. The van der Waals surface area contributed by atoms with Crippen LogP contribution in [0.2, 0.25) is 0 Å². The average molecular weight is 392 g/mol. The Hall–Kier alpha value is -2.98. The van der Waals surface area contributed by atoms with E-state index in [9.17, 15) is 14.9 Å². The van der Waals surface area contributed by atoms with Crippen LogP contribution in [0, 0.1) is 24.2 Å². The average Bonchev–Trinajstić information content (AvgIpc) is 3.48. The lowest BCUT2D eigenvalue weighted by Crippen LogP contribution is -2.48. The number of hydrogen-bond acceptors (Lipinski definition) is 5. The van der Waals surface area contributed by atoms with Crippen LogP contribution in [0.1, 0.15) is 24.6 Å². The molecule has 3 aromatic rings. The summed E-state index contributed by atoms with van der Waals surface area (Å²) < 4.78 is 1.32. The number of nitrogens with zero attached hydrogens (tertiary/aromatic N) is 3. The lowest BCUT2D eigenvalue weighted by molar-refractivity contribution is -0.123. The molecular weight excluding hydrogens is 372 g/mol. The minimum absolute atomic E-state index is 0.158. The summed E-state index contributed by atoms with van der Waals surface area (Å²) >= 11 is 1.47. The molecule has 4 rings (SSSR count). The van der Waals surface area contributed by atoms with Gasteiger partial charge in [-0.25, -0.2) is 4.98 Å². The number of fused-ring (bicyclic) bond motifs is 1. The molecule has 28 heavy (non-hydrogen) atoms. The highest BCUT2D eigenvalue weighted by atomic mass is 32.1. The van der Waals surface area contributed by atoms with E-state index in [4.69, 9.17) is 0 Å². The summed E-state index contributed by atoms with van der Waals surface area (Å²) in [4.78, 5) is 31.7. The van der Waals surface area contributed by atoms with E-state index in [1.54, 1.807) is 6.92 Å². The topological polar surface area (TPSA) is 87.8 Å².